The topological polar surface area (TPSA) is 152 Å². The second-order valence-electron chi connectivity index (χ2n) is 9.83. The molecular weight excluding hydrogens is 506 g/mol. The van der Waals surface area contributed by atoms with Crippen molar-refractivity contribution in [2.45, 2.75) is 70.1 Å². The lowest BCUT2D eigenvalue weighted by Gasteiger charge is -2.28. The summed E-state index contributed by atoms with van der Waals surface area (Å²) in [4.78, 5) is 54.5. The number of para-hydroxylation sites is 1. The van der Waals surface area contributed by atoms with Gasteiger partial charge in [0.25, 0.3) is 0 Å². The van der Waals surface area contributed by atoms with Crippen molar-refractivity contribution in [3.63, 3.8) is 0 Å². The molecule has 1 aliphatic heterocycles. The molecule has 1 fully saturated rings. The van der Waals surface area contributed by atoms with E-state index in [1.54, 1.807) is 6.20 Å². The number of benzene rings is 1. The first-order chi connectivity index (χ1) is 18.2. The monoisotopic (exact) mass is 545 g/mol. The van der Waals surface area contributed by atoms with Crippen LogP contribution >= 0.6 is 11.8 Å². The molecule has 0 aliphatic carbocycles. The summed E-state index contributed by atoms with van der Waals surface area (Å²) in [5, 5.41) is 22.2. The molecule has 2 heterocycles. The van der Waals surface area contributed by atoms with Crippen LogP contribution in [-0.2, 0) is 25.6 Å². The molecule has 1 aromatic heterocycles. The van der Waals surface area contributed by atoms with Gasteiger partial charge in [-0.2, -0.15) is 11.8 Å². The van der Waals surface area contributed by atoms with E-state index in [2.05, 4.69) is 26.3 Å². The van der Waals surface area contributed by atoms with Gasteiger partial charge in [0, 0.05) is 23.5 Å². The number of H-pyrrole nitrogens is 1. The third-order valence-corrected chi connectivity index (χ3v) is 7.77. The second kappa shape index (κ2) is 14.2. The first-order valence-electron chi connectivity index (χ1n) is 13.2. The minimum Gasteiger partial charge on any atom is -0.480 e. The molecule has 6 N–H and O–H groups in total. The van der Waals surface area contributed by atoms with E-state index in [-0.39, 0.29) is 24.3 Å². The van der Waals surface area contributed by atoms with Crippen LogP contribution in [0.5, 0.6) is 0 Å². The van der Waals surface area contributed by atoms with Crippen molar-refractivity contribution in [3.05, 3.63) is 36.0 Å². The quantitative estimate of drug-likeness (QED) is 0.212. The molecule has 38 heavy (non-hydrogen) atoms. The van der Waals surface area contributed by atoms with Crippen LogP contribution in [0.4, 0.5) is 0 Å². The van der Waals surface area contributed by atoms with Crippen LogP contribution in [-0.4, -0.2) is 76.5 Å². The first-order valence-corrected chi connectivity index (χ1v) is 14.6. The average molecular weight is 546 g/mol. The highest BCUT2D eigenvalue weighted by Crippen LogP contribution is 2.19. The zero-order chi connectivity index (χ0) is 27.7. The van der Waals surface area contributed by atoms with Crippen LogP contribution in [0.25, 0.3) is 10.9 Å². The maximum Gasteiger partial charge on any atom is 0.326 e. The molecule has 10 nitrogen and oxygen atoms in total. The second-order valence-corrected chi connectivity index (χ2v) is 10.8. The van der Waals surface area contributed by atoms with E-state index in [4.69, 9.17) is 0 Å². The molecule has 11 heteroatoms. The summed E-state index contributed by atoms with van der Waals surface area (Å²) in [6, 6.07) is 4.31. The van der Waals surface area contributed by atoms with Crippen LogP contribution in [0.1, 0.15) is 45.1 Å². The lowest BCUT2D eigenvalue weighted by atomic mass is 9.97. The van der Waals surface area contributed by atoms with Crippen molar-refractivity contribution in [2.24, 2.45) is 5.92 Å². The number of carboxylic acid groups (broad SMARTS) is 1. The van der Waals surface area contributed by atoms with Crippen molar-refractivity contribution in [2.75, 3.05) is 18.6 Å². The van der Waals surface area contributed by atoms with E-state index in [0.29, 0.717) is 25.0 Å². The van der Waals surface area contributed by atoms with Crippen molar-refractivity contribution in [1.29, 1.82) is 0 Å². The number of carbonyl (C=O) groups excluding carboxylic acids is 3. The van der Waals surface area contributed by atoms with E-state index in [1.807, 2.05) is 44.4 Å². The number of carbonyl (C=O) groups is 4. The number of hydrogen-bond donors (Lipinski definition) is 6. The van der Waals surface area contributed by atoms with Gasteiger partial charge in [-0.25, -0.2) is 4.79 Å². The lowest BCUT2D eigenvalue weighted by Crippen LogP contribution is -2.58. The summed E-state index contributed by atoms with van der Waals surface area (Å²) in [6.45, 7) is 4.58. The number of amides is 3. The molecule has 1 saturated heterocycles. The summed E-state index contributed by atoms with van der Waals surface area (Å²) in [5.74, 6) is -1.96. The average Bonchev–Trinajstić information content (AvgIpc) is 3.59. The fourth-order valence-electron chi connectivity index (χ4n) is 4.62. The van der Waals surface area contributed by atoms with Gasteiger partial charge in [-0.3, -0.25) is 14.4 Å². The normalized spacial score (nSPS) is 18.3. The van der Waals surface area contributed by atoms with Crippen molar-refractivity contribution < 1.29 is 24.3 Å². The lowest BCUT2D eigenvalue weighted by molar-refractivity contribution is -0.142. The Morgan fingerprint density at radius 3 is 2.50 bits per heavy atom. The highest BCUT2D eigenvalue weighted by atomic mass is 32.2. The van der Waals surface area contributed by atoms with Gasteiger partial charge in [-0.1, -0.05) is 38.5 Å². The molecule has 3 rings (SSSR count). The fourth-order valence-corrected chi connectivity index (χ4v) is 5.09. The van der Waals surface area contributed by atoms with Gasteiger partial charge < -0.3 is 31.4 Å². The van der Waals surface area contributed by atoms with Crippen LogP contribution in [0.3, 0.4) is 0 Å². The van der Waals surface area contributed by atoms with E-state index < -0.39 is 35.9 Å². The standard InChI is InChI=1S/C27H39N5O5S/c1-4-16(2)23(32-24(33)20-10-7-12-28-20)26(35)30-21(11-13-38-3)25(34)31-22(27(36)37)14-17-15-29-19-9-6-5-8-18(17)19/h5-6,8-9,15-16,20-23,28-29H,4,7,10-14H2,1-3H3,(H,30,35)(H,31,34)(H,32,33)(H,36,37). The zero-order valence-corrected chi connectivity index (χ0v) is 23.0. The number of thioether (sulfide) groups is 1. The molecule has 1 aromatic carbocycles. The Bertz CT molecular complexity index is 1120. The Morgan fingerprint density at radius 1 is 1.11 bits per heavy atom. The summed E-state index contributed by atoms with van der Waals surface area (Å²) >= 11 is 1.52. The van der Waals surface area contributed by atoms with Gasteiger partial charge in [-0.05, 0) is 55.4 Å². The predicted octanol–water partition coefficient (Wildman–Crippen LogP) is 1.80. The van der Waals surface area contributed by atoms with Gasteiger partial charge >= 0.3 is 5.97 Å². The Hall–Kier alpha value is -3.05. The number of hydrogen-bond acceptors (Lipinski definition) is 6. The number of aromatic amines is 1. The van der Waals surface area contributed by atoms with E-state index in [0.717, 1.165) is 29.4 Å². The molecule has 5 atom stereocenters. The van der Waals surface area contributed by atoms with Crippen LogP contribution in [0, 0.1) is 5.92 Å². The van der Waals surface area contributed by atoms with Crippen LogP contribution in [0.2, 0.25) is 0 Å². The first kappa shape index (κ1) is 29.5. The smallest absolute Gasteiger partial charge is 0.326 e. The highest BCUT2D eigenvalue weighted by Gasteiger charge is 2.33. The summed E-state index contributed by atoms with van der Waals surface area (Å²) in [6.07, 6.45) is 6.33. The van der Waals surface area contributed by atoms with Gasteiger partial charge in [0.1, 0.15) is 18.1 Å². The van der Waals surface area contributed by atoms with Gasteiger partial charge in [-0.15, -0.1) is 0 Å². The highest BCUT2D eigenvalue weighted by molar-refractivity contribution is 7.98. The maximum atomic E-state index is 13.3. The molecule has 0 radical (unpaired) electrons. The van der Waals surface area contributed by atoms with Crippen LogP contribution in [0.15, 0.2) is 30.5 Å². The molecule has 208 valence electrons. The number of carboxylic acids is 1. The van der Waals surface area contributed by atoms with Crippen molar-refractivity contribution in [3.8, 4) is 0 Å². The van der Waals surface area contributed by atoms with Gasteiger partial charge in [0.2, 0.25) is 17.7 Å². The van der Waals surface area contributed by atoms with Crippen molar-refractivity contribution in [1.82, 2.24) is 26.3 Å². The van der Waals surface area contributed by atoms with Gasteiger partial charge in [0.15, 0.2) is 0 Å². The molecule has 1 aliphatic rings. The Kier molecular flexibility index (Phi) is 11.0. The van der Waals surface area contributed by atoms with E-state index >= 15 is 0 Å². The van der Waals surface area contributed by atoms with Gasteiger partial charge in [0.05, 0.1) is 6.04 Å². The number of nitrogens with one attached hydrogen (secondary N) is 5. The molecule has 0 spiro atoms. The molecule has 5 unspecified atom stereocenters. The SMILES string of the molecule is CCC(C)C(NC(=O)C1CCCN1)C(=O)NC(CCSC)C(=O)NC(Cc1c[nH]c2ccccc12)C(=O)O. The number of rotatable bonds is 14. The molecule has 0 bridgehead atoms. The fraction of sp³-hybridized carbons (Fsp3) is 0.556. The third-order valence-electron chi connectivity index (χ3n) is 7.13. The molecular formula is C27H39N5O5S. The Balaban J connectivity index is 1.71. The number of aliphatic carboxylic acids is 1. The number of aromatic nitrogens is 1. The van der Waals surface area contributed by atoms with E-state index in [1.165, 1.54) is 11.8 Å². The number of fused-ring (bicyclic) bond motifs is 1. The molecule has 3 amide bonds. The summed E-state index contributed by atoms with van der Waals surface area (Å²) in [5.41, 5.74) is 1.66. The minimum absolute atomic E-state index is 0.0915. The molecule has 0 saturated carbocycles. The molecule has 2 aromatic rings. The summed E-state index contributed by atoms with van der Waals surface area (Å²) in [7, 11) is 0. The predicted molar refractivity (Wildman–Crippen MR) is 149 cm³/mol. The zero-order valence-electron chi connectivity index (χ0n) is 22.2. The largest absolute Gasteiger partial charge is 0.480 e. The minimum atomic E-state index is -1.17. The summed E-state index contributed by atoms with van der Waals surface area (Å²) < 4.78 is 0. The van der Waals surface area contributed by atoms with Crippen LogP contribution < -0.4 is 21.3 Å². The Morgan fingerprint density at radius 2 is 1.84 bits per heavy atom. The van der Waals surface area contributed by atoms with E-state index in [9.17, 15) is 24.3 Å². The maximum absolute atomic E-state index is 13.3. The third kappa shape index (κ3) is 7.73. The van der Waals surface area contributed by atoms with Crippen molar-refractivity contribution >= 4 is 46.4 Å². The Labute approximate surface area is 227 Å².